The first-order chi connectivity index (χ1) is 11.1. The highest BCUT2D eigenvalue weighted by Gasteiger charge is 2.26. The highest BCUT2D eigenvalue weighted by molar-refractivity contribution is 5.98. The fraction of sp³-hybridized carbons (Fsp3) is 0.600. The van der Waals surface area contributed by atoms with Crippen LogP contribution in [0.2, 0.25) is 0 Å². The summed E-state index contributed by atoms with van der Waals surface area (Å²) in [5.74, 6) is -0.123. The van der Waals surface area contributed by atoms with Crippen LogP contribution >= 0.6 is 0 Å². The Morgan fingerprint density at radius 2 is 1.96 bits per heavy atom. The molecule has 1 aliphatic carbocycles. The van der Waals surface area contributed by atoms with E-state index in [0.717, 1.165) is 31.3 Å². The number of hydrogen-bond acceptors (Lipinski definition) is 2. The molecule has 3 nitrogen and oxygen atoms in total. The fourth-order valence-electron chi connectivity index (χ4n) is 2.84. The molecule has 0 aromatic carbocycles. The monoisotopic (exact) mass is 318 g/mol. The lowest BCUT2D eigenvalue weighted by molar-refractivity contribution is -0.137. The number of carboxylic acid groups (broad SMARTS) is 1. The van der Waals surface area contributed by atoms with E-state index in [1.165, 1.54) is 19.3 Å². The first-order valence-electron chi connectivity index (χ1n) is 8.91. The first-order valence-corrected chi connectivity index (χ1v) is 8.91. The third-order valence-corrected chi connectivity index (χ3v) is 4.22. The van der Waals surface area contributed by atoms with Crippen molar-refractivity contribution in [3.8, 4) is 0 Å². The number of unbranched alkanes of at least 4 members (excludes halogenated alkanes) is 4. The zero-order valence-corrected chi connectivity index (χ0v) is 14.3. The van der Waals surface area contributed by atoms with Crippen LogP contribution < -0.4 is 0 Å². The van der Waals surface area contributed by atoms with Crippen molar-refractivity contribution < 1.29 is 14.7 Å². The van der Waals surface area contributed by atoms with Crippen molar-refractivity contribution in [2.75, 3.05) is 0 Å². The highest BCUT2D eigenvalue weighted by Crippen LogP contribution is 2.31. The zero-order valence-electron chi connectivity index (χ0n) is 14.3. The third kappa shape index (κ3) is 8.53. The predicted molar refractivity (Wildman–Crippen MR) is 94.3 cm³/mol. The summed E-state index contributed by atoms with van der Waals surface area (Å²) in [6.07, 6.45) is 19.3. The number of rotatable bonds is 11. The number of Topliss-reactive ketones (excluding diaryl/α,β-unsaturated/α-hetero) is 1. The number of carbonyl (C=O) groups is 2. The van der Waals surface area contributed by atoms with E-state index in [2.05, 4.69) is 19.1 Å². The van der Waals surface area contributed by atoms with E-state index >= 15 is 0 Å². The van der Waals surface area contributed by atoms with Crippen LogP contribution in [0.5, 0.6) is 0 Å². The molecule has 0 radical (unpaired) electrons. The van der Waals surface area contributed by atoms with Gasteiger partial charge in [0.05, 0.1) is 0 Å². The molecule has 0 aromatic heterocycles. The summed E-state index contributed by atoms with van der Waals surface area (Å²) in [6.45, 7) is 2.20. The molecular formula is C20H30O3. The van der Waals surface area contributed by atoms with Gasteiger partial charge in [0, 0.05) is 12.8 Å². The number of carboxylic acids is 1. The van der Waals surface area contributed by atoms with E-state index in [9.17, 15) is 9.59 Å². The second kappa shape index (κ2) is 11.9. The molecule has 0 amide bonds. The molecule has 1 atom stereocenters. The number of carbonyl (C=O) groups excluding carboxylic acids is 1. The minimum atomic E-state index is -0.740. The quantitative estimate of drug-likeness (QED) is 0.322. The molecule has 0 spiro atoms. The molecule has 0 aliphatic heterocycles. The summed E-state index contributed by atoms with van der Waals surface area (Å²) in [4.78, 5) is 22.4. The van der Waals surface area contributed by atoms with Crippen LogP contribution in [-0.4, -0.2) is 16.9 Å². The van der Waals surface area contributed by atoms with Crippen LogP contribution in [0.4, 0.5) is 0 Å². The maximum absolute atomic E-state index is 12.0. The molecular weight excluding hydrogens is 288 g/mol. The summed E-state index contributed by atoms with van der Waals surface area (Å²) in [6, 6.07) is 0. The van der Waals surface area contributed by atoms with Crippen LogP contribution in [0.25, 0.3) is 0 Å². The van der Waals surface area contributed by atoms with Gasteiger partial charge in [-0.3, -0.25) is 9.59 Å². The summed E-state index contributed by atoms with van der Waals surface area (Å²) in [5, 5.41) is 8.58. The molecule has 1 fully saturated rings. The molecule has 1 saturated carbocycles. The van der Waals surface area contributed by atoms with Crippen LogP contribution in [0.15, 0.2) is 36.0 Å². The minimum absolute atomic E-state index is 0.222. The summed E-state index contributed by atoms with van der Waals surface area (Å²) in [5.41, 5.74) is 0.965. The average Bonchev–Trinajstić information content (AvgIpc) is 2.86. The molecule has 0 aromatic rings. The molecule has 0 heterocycles. The van der Waals surface area contributed by atoms with E-state index < -0.39 is 5.97 Å². The Kier molecular flexibility index (Phi) is 10.0. The standard InChI is InChI=1S/C20H30O3/c1-2-3-4-5-6-10-13-18-17(15-16-19(18)21)12-9-7-8-11-14-20(22)23/h6-7,9-10,13,17H,2-5,8,11-12,14-16H2,1H3,(H,22,23)/b9-7+,10-6+,18-13+/t17-/m0/s1. The van der Waals surface area contributed by atoms with Crippen LogP contribution in [0, 0.1) is 5.92 Å². The molecule has 0 bridgehead atoms. The van der Waals surface area contributed by atoms with E-state index in [1.54, 1.807) is 0 Å². The molecule has 23 heavy (non-hydrogen) atoms. The van der Waals surface area contributed by atoms with Gasteiger partial charge in [-0.1, -0.05) is 50.1 Å². The van der Waals surface area contributed by atoms with Gasteiger partial charge < -0.3 is 5.11 Å². The van der Waals surface area contributed by atoms with Crippen LogP contribution in [-0.2, 0) is 9.59 Å². The van der Waals surface area contributed by atoms with E-state index in [0.29, 0.717) is 18.8 Å². The van der Waals surface area contributed by atoms with Crippen molar-refractivity contribution in [2.45, 2.75) is 71.1 Å². The maximum atomic E-state index is 12.0. The average molecular weight is 318 g/mol. The lowest BCUT2D eigenvalue weighted by Crippen LogP contribution is -2.00. The molecule has 128 valence electrons. The second-order valence-corrected chi connectivity index (χ2v) is 6.20. The lowest BCUT2D eigenvalue weighted by atomic mass is 9.97. The molecule has 1 rings (SSSR count). The largest absolute Gasteiger partial charge is 0.481 e. The minimum Gasteiger partial charge on any atom is -0.481 e. The Labute approximate surface area is 140 Å². The molecule has 0 unspecified atom stereocenters. The van der Waals surface area contributed by atoms with Gasteiger partial charge in [0.15, 0.2) is 5.78 Å². The smallest absolute Gasteiger partial charge is 0.303 e. The van der Waals surface area contributed by atoms with Crippen LogP contribution in [0.3, 0.4) is 0 Å². The SMILES string of the molecule is CCCCC/C=C/C=C1/C(=O)CC[C@@H]1C/C=C/CCCC(=O)O. The van der Waals surface area contributed by atoms with Crippen molar-refractivity contribution in [2.24, 2.45) is 5.92 Å². The van der Waals surface area contributed by atoms with Gasteiger partial charge in [0.1, 0.15) is 0 Å². The second-order valence-electron chi connectivity index (χ2n) is 6.20. The van der Waals surface area contributed by atoms with Crippen molar-refractivity contribution in [3.05, 3.63) is 36.0 Å². The molecule has 3 heteroatoms. The van der Waals surface area contributed by atoms with Crippen molar-refractivity contribution in [3.63, 3.8) is 0 Å². The van der Waals surface area contributed by atoms with Gasteiger partial charge in [-0.25, -0.2) is 0 Å². The number of allylic oxidation sites excluding steroid dienone is 6. The van der Waals surface area contributed by atoms with Gasteiger partial charge >= 0.3 is 5.97 Å². The van der Waals surface area contributed by atoms with Gasteiger partial charge in [0.2, 0.25) is 0 Å². The summed E-state index contributed by atoms with van der Waals surface area (Å²) >= 11 is 0. The number of hydrogen-bond donors (Lipinski definition) is 1. The van der Waals surface area contributed by atoms with Crippen molar-refractivity contribution in [1.82, 2.24) is 0 Å². The lowest BCUT2D eigenvalue weighted by Gasteiger charge is -2.06. The fourth-order valence-corrected chi connectivity index (χ4v) is 2.84. The first kappa shape index (κ1) is 19.4. The number of ketones is 1. The Morgan fingerprint density at radius 1 is 1.17 bits per heavy atom. The summed E-state index contributed by atoms with van der Waals surface area (Å²) < 4.78 is 0. The van der Waals surface area contributed by atoms with Gasteiger partial charge in [-0.05, 0) is 50.0 Å². The molecule has 1 aliphatic rings. The Bertz CT molecular complexity index is 458. The van der Waals surface area contributed by atoms with Crippen LogP contribution in [0.1, 0.15) is 71.1 Å². The van der Waals surface area contributed by atoms with Crippen molar-refractivity contribution in [1.29, 1.82) is 0 Å². The molecule has 1 N–H and O–H groups in total. The Morgan fingerprint density at radius 3 is 2.70 bits per heavy atom. The Balaban J connectivity index is 2.37. The number of aliphatic carboxylic acids is 1. The van der Waals surface area contributed by atoms with E-state index in [1.807, 2.05) is 18.2 Å². The predicted octanol–water partition coefficient (Wildman–Crippen LogP) is 5.23. The Hall–Kier alpha value is -1.64. The third-order valence-electron chi connectivity index (χ3n) is 4.22. The molecule has 0 saturated heterocycles. The van der Waals surface area contributed by atoms with E-state index in [4.69, 9.17) is 5.11 Å². The highest BCUT2D eigenvalue weighted by atomic mass is 16.4. The van der Waals surface area contributed by atoms with Gasteiger partial charge in [0.25, 0.3) is 0 Å². The maximum Gasteiger partial charge on any atom is 0.303 e. The van der Waals surface area contributed by atoms with E-state index in [-0.39, 0.29) is 12.2 Å². The summed E-state index contributed by atoms with van der Waals surface area (Å²) in [7, 11) is 0. The van der Waals surface area contributed by atoms with Gasteiger partial charge in [-0.15, -0.1) is 0 Å². The topological polar surface area (TPSA) is 54.4 Å². The normalized spacial score (nSPS) is 20.3. The zero-order chi connectivity index (χ0) is 16.9. The van der Waals surface area contributed by atoms with Gasteiger partial charge in [-0.2, -0.15) is 0 Å². The van der Waals surface area contributed by atoms with Crippen molar-refractivity contribution >= 4 is 11.8 Å².